The van der Waals surface area contributed by atoms with Crippen molar-refractivity contribution in [2.45, 2.75) is 38.7 Å². The van der Waals surface area contributed by atoms with E-state index in [-0.39, 0.29) is 35.7 Å². The molecule has 27 heavy (non-hydrogen) atoms. The molecular formula is C21H24N2O4. The Morgan fingerprint density at radius 2 is 2.00 bits per heavy atom. The van der Waals surface area contributed by atoms with E-state index in [1.54, 1.807) is 24.3 Å². The molecule has 0 spiro atoms. The van der Waals surface area contributed by atoms with Gasteiger partial charge in [-0.1, -0.05) is 23.8 Å². The number of fused-ring (bicyclic) bond motifs is 1. The van der Waals surface area contributed by atoms with Crippen molar-refractivity contribution in [1.82, 2.24) is 5.32 Å². The Kier molecular flexibility index (Phi) is 4.83. The largest absolute Gasteiger partial charge is 0.376 e. The molecule has 0 bridgehead atoms. The van der Waals surface area contributed by atoms with E-state index in [9.17, 15) is 14.4 Å². The van der Waals surface area contributed by atoms with E-state index in [2.05, 4.69) is 5.32 Å². The van der Waals surface area contributed by atoms with E-state index in [1.807, 2.05) is 13.0 Å². The van der Waals surface area contributed by atoms with Gasteiger partial charge in [-0.2, -0.15) is 0 Å². The van der Waals surface area contributed by atoms with Crippen molar-refractivity contribution in [2.75, 3.05) is 18.1 Å². The summed E-state index contributed by atoms with van der Waals surface area (Å²) in [6.45, 7) is 3.15. The summed E-state index contributed by atoms with van der Waals surface area (Å²) in [6, 6.07) is 6.83. The molecule has 6 heteroatoms. The zero-order chi connectivity index (χ0) is 19.0. The molecule has 0 unspecified atom stereocenters. The minimum absolute atomic E-state index is 0.0353. The van der Waals surface area contributed by atoms with Crippen LogP contribution in [0.15, 0.2) is 35.9 Å². The second-order valence-electron chi connectivity index (χ2n) is 7.58. The second-order valence-corrected chi connectivity index (χ2v) is 7.58. The Bertz CT molecular complexity index is 810. The third kappa shape index (κ3) is 3.30. The molecule has 0 saturated carbocycles. The highest BCUT2D eigenvalue weighted by atomic mass is 16.5. The smallest absolute Gasteiger partial charge is 0.253 e. The number of nitrogens with zero attached hydrogens (tertiary/aromatic N) is 1. The predicted octanol–water partition coefficient (Wildman–Crippen LogP) is 2.44. The van der Waals surface area contributed by atoms with Crippen molar-refractivity contribution in [3.05, 3.63) is 41.5 Å². The van der Waals surface area contributed by atoms with Gasteiger partial charge in [-0.25, -0.2) is 4.90 Å². The van der Waals surface area contributed by atoms with Crippen LogP contribution in [0, 0.1) is 11.8 Å². The van der Waals surface area contributed by atoms with Gasteiger partial charge in [0, 0.05) is 13.2 Å². The number of hydrogen-bond donors (Lipinski definition) is 1. The fraction of sp³-hybridized carbons (Fsp3) is 0.476. The Hall–Kier alpha value is -2.47. The van der Waals surface area contributed by atoms with E-state index in [0.717, 1.165) is 25.0 Å². The van der Waals surface area contributed by atoms with Crippen molar-refractivity contribution in [2.24, 2.45) is 11.8 Å². The van der Waals surface area contributed by atoms with Gasteiger partial charge in [0.05, 0.1) is 29.2 Å². The van der Waals surface area contributed by atoms with Crippen LogP contribution < -0.4 is 10.2 Å². The van der Waals surface area contributed by atoms with Crippen LogP contribution in [0.2, 0.25) is 0 Å². The molecule has 2 saturated heterocycles. The number of amides is 3. The monoisotopic (exact) mass is 368 g/mol. The average Bonchev–Trinajstić information content (AvgIpc) is 3.27. The van der Waals surface area contributed by atoms with E-state index < -0.39 is 0 Å². The SMILES string of the molecule is CC1=CC[C@@H]2C(=O)N(c3ccccc3C(=O)NC[C@@H]3CCCO3)C(=O)[C@@H]2C1. The minimum Gasteiger partial charge on any atom is -0.376 e. The third-order valence-corrected chi connectivity index (χ3v) is 5.73. The summed E-state index contributed by atoms with van der Waals surface area (Å²) < 4.78 is 5.54. The van der Waals surface area contributed by atoms with Crippen LogP contribution in [0.25, 0.3) is 0 Å². The average molecular weight is 368 g/mol. The van der Waals surface area contributed by atoms with E-state index in [0.29, 0.717) is 30.6 Å². The molecule has 4 rings (SSSR count). The summed E-state index contributed by atoms with van der Waals surface area (Å²) in [5, 5.41) is 2.88. The number of hydrogen-bond acceptors (Lipinski definition) is 4. The maximum atomic E-state index is 13.0. The van der Waals surface area contributed by atoms with Crippen molar-refractivity contribution in [3.8, 4) is 0 Å². The summed E-state index contributed by atoms with van der Waals surface area (Å²) in [4.78, 5) is 39.8. The molecule has 0 radical (unpaired) electrons. The van der Waals surface area contributed by atoms with Crippen LogP contribution in [-0.2, 0) is 14.3 Å². The number of rotatable bonds is 4. The quantitative estimate of drug-likeness (QED) is 0.654. The molecule has 142 valence electrons. The maximum absolute atomic E-state index is 13.0. The molecule has 3 amide bonds. The van der Waals surface area contributed by atoms with Gasteiger partial charge in [0.15, 0.2) is 0 Å². The predicted molar refractivity (Wildman–Crippen MR) is 100 cm³/mol. The Morgan fingerprint density at radius 3 is 2.78 bits per heavy atom. The molecule has 1 N–H and O–H groups in total. The van der Waals surface area contributed by atoms with Crippen molar-refractivity contribution >= 4 is 23.4 Å². The fourth-order valence-electron chi connectivity index (χ4n) is 4.24. The zero-order valence-electron chi connectivity index (χ0n) is 15.4. The molecular weight excluding hydrogens is 344 g/mol. The van der Waals surface area contributed by atoms with E-state index in [1.165, 1.54) is 4.90 Å². The lowest BCUT2D eigenvalue weighted by Crippen LogP contribution is -2.36. The molecule has 3 atom stereocenters. The van der Waals surface area contributed by atoms with Gasteiger partial charge < -0.3 is 10.1 Å². The number of nitrogens with one attached hydrogen (secondary N) is 1. The number of imide groups is 1. The molecule has 1 aromatic rings. The van der Waals surface area contributed by atoms with E-state index >= 15 is 0 Å². The number of carbonyl (C=O) groups excluding carboxylic acids is 3. The molecule has 0 aromatic heterocycles. The highest BCUT2D eigenvalue weighted by Gasteiger charge is 2.49. The van der Waals surface area contributed by atoms with Crippen LogP contribution in [-0.4, -0.2) is 37.0 Å². The van der Waals surface area contributed by atoms with Gasteiger partial charge in [0.2, 0.25) is 11.8 Å². The lowest BCUT2D eigenvalue weighted by Gasteiger charge is -2.19. The Morgan fingerprint density at radius 1 is 1.22 bits per heavy atom. The number of carbonyl (C=O) groups is 3. The highest BCUT2D eigenvalue weighted by Crippen LogP contribution is 2.40. The summed E-state index contributed by atoms with van der Waals surface area (Å²) in [5.74, 6) is -1.31. The lowest BCUT2D eigenvalue weighted by molar-refractivity contribution is -0.122. The number of para-hydroxylation sites is 1. The topological polar surface area (TPSA) is 75.7 Å². The molecule has 3 aliphatic rings. The number of benzene rings is 1. The summed E-state index contributed by atoms with van der Waals surface area (Å²) in [7, 11) is 0. The van der Waals surface area contributed by atoms with Crippen LogP contribution in [0.4, 0.5) is 5.69 Å². The van der Waals surface area contributed by atoms with Crippen molar-refractivity contribution in [3.63, 3.8) is 0 Å². The lowest BCUT2D eigenvalue weighted by atomic mass is 9.82. The molecule has 6 nitrogen and oxygen atoms in total. The molecule has 1 aliphatic carbocycles. The van der Waals surface area contributed by atoms with Crippen molar-refractivity contribution < 1.29 is 19.1 Å². The Balaban J connectivity index is 1.56. The zero-order valence-corrected chi connectivity index (χ0v) is 15.4. The third-order valence-electron chi connectivity index (χ3n) is 5.73. The van der Waals surface area contributed by atoms with Crippen LogP contribution in [0.3, 0.4) is 0 Å². The minimum atomic E-state index is -0.316. The van der Waals surface area contributed by atoms with Gasteiger partial charge >= 0.3 is 0 Å². The number of allylic oxidation sites excluding steroid dienone is 2. The van der Waals surface area contributed by atoms with Gasteiger partial charge in [-0.05, 0) is 44.7 Å². The molecule has 1 aromatic carbocycles. The van der Waals surface area contributed by atoms with Crippen molar-refractivity contribution in [1.29, 1.82) is 0 Å². The Labute approximate surface area is 158 Å². The molecule has 2 heterocycles. The number of ether oxygens (including phenoxy) is 1. The number of anilines is 1. The van der Waals surface area contributed by atoms with Crippen LogP contribution >= 0.6 is 0 Å². The van der Waals surface area contributed by atoms with Gasteiger partial charge in [-0.3, -0.25) is 14.4 Å². The van der Waals surface area contributed by atoms with Crippen LogP contribution in [0.1, 0.15) is 43.0 Å². The van der Waals surface area contributed by atoms with Gasteiger partial charge in [0.25, 0.3) is 5.91 Å². The normalized spacial score (nSPS) is 27.5. The first-order valence-electron chi connectivity index (χ1n) is 9.58. The first kappa shape index (κ1) is 17.9. The van der Waals surface area contributed by atoms with E-state index in [4.69, 9.17) is 4.74 Å². The first-order chi connectivity index (χ1) is 13.1. The second kappa shape index (κ2) is 7.27. The summed E-state index contributed by atoms with van der Waals surface area (Å²) in [6.07, 6.45) is 5.21. The summed E-state index contributed by atoms with van der Waals surface area (Å²) in [5.41, 5.74) is 1.87. The maximum Gasteiger partial charge on any atom is 0.253 e. The highest BCUT2D eigenvalue weighted by molar-refractivity contribution is 6.24. The standard InChI is InChI=1S/C21H24N2O4/c1-13-8-9-15-17(11-13)21(26)23(20(15)25)18-7-3-2-6-16(18)19(24)22-12-14-5-4-10-27-14/h2-3,6-8,14-15,17H,4-5,9-12H2,1H3,(H,22,24)/t14-,15-,17+/m0/s1. The molecule has 2 aliphatic heterocycles. The van der Waals surface area contributed by atoms with Crippen LogP contribution in [0.5, 0.6) is 0 Å². The molecule has 2 fully saturated rings. The first-order valence-corrected chi connectivity index (χ1v) is 9.58. The van der Waals surface area contributed by atoms with Gasteiger partial charge in [-0.15, -0.1) is 0 Å². The van der Waals surface area contributed by atoms with Gasteiger partial charge in [0.1, 0.15) is 0 Å². The summed E-state index contributed by atoms with van der Waals surface area (Å²) >= 11 is 0. The fourth-order valence-corrected chi connectivity index (χ4v) is 4.24.